The third-order valence-corrected chi connectivity index (χ3v) is 38.6. The zero-order valence-corrected chi connectivity index (χ0v) is 45.0. The number of hydrogen-bond acceptors (Lipinski definition) is 3. The molecule has 378 valence electrons. The summed E-state index contributed by atoms with van der Waals surface area (Å²) < 4.78 is 218. The van der Waals surface area contributed by atoms with Crippen LogP contribution in [-0.4, -0.2) is 49.6 Å². The van der Waals surface area contributed by atoms with Crippen molar-refractivity contribution in [2.75, 3.05) is 3.86 Å². The van der Waals surface area contributed by atoms with Crippen molar-refractivity contribution in [2.45, 2.75) is 125 Å². The van der Waals surface area contributed by atoms with E-state index in [2.05, 4.69) is 113 Å². The van der Waals surface area contributed by atoms with Crippen LogP contribution in [0.1, 0.15) is 111 Å². The van der Waals surface area contributed by atoms with Gasteiger partial charge in [-0.1, -0.05) is 0 Å². The Morgan fingerprint density at radius 1 is 0.543 bits per heavy atom. The standard InChI is InChI=1S/C29H49GeN3P2Si.C18BF15/c1-19(2)23-14-13-15-24(20(3)4)26(23)31-25-21-16-17-22(18-21)27(25)35(34-30-31)32(28(5,6)7)36(11,12)33(35)29(8,9)10;20-4-1(5(21)11(27)16(32)10(4)26)19(2-6(22)12(28)17(33)13(29)7(2)23)3-8(24)14(30)18(34)15(31)9(3)25/h13-15,19-22H,16-18H2,1-12H3;/q+1;-1. The van der Waals surface area contributed by atoms with Crippen molar-refractivity contribution in [3.63, 3.8) is 0 Å². The van der Waals surface area contributed by atoms with E-state index in [9.17, 15) is 65.9 Å². The van der Waals surface area contributed by atoms with E-state index in [1.165, 1.54) is 19.3 Å². The van der Waals surface area contributed by atoms with E-state index in [-0.39, 0.29) is 25.8 Å². The average molecular weight is 1110 g/mol. The van der Waals surface area contributed by atoms with Gasteiger partial charge in [0.15, 0.2) is 52.4 Å². The van der Waals surface area contributed by atoms with Crippen molar-refractivity contribution in [1.29, 1.82) is 0 Å². The normalized spacial score (nSPS) is 20.1. The number of hydrogen-bond donors (Lipinski definition) is 0. The molecule has 23 heteroatoms. The van der Waals surface area contributed by atoms with E-state index in [0.717, 1.165) is 11.8 Å². The molecule has 2 heterocycles. The van der Waals surface area contributed by atoms with E-state index >= 15 is 0 Å². The van der Waals surface area contributed by atoms with E-state index in [0.29, 0.717) is 11.8 Å². The third kappa shape index (κ3) is 8.17. The fourth-order valence-electron chi connectivity index (χ4n) is 11.4. The van der Waals surface area contributed by atoms with Gasteiger partial charge in [0.25, 0.3) is 0 Å². The summed E-state index contributed by atoms with van der Waals surface area (Å²) in [6, 6.07) is 7.19. The van der Waals surface area contributed by atoms with Crippen molar-refractivity contribution >= 4 is 65.6 Å². The van der Waals surface area contributed by atoms with Gasteiger partial charge in [0.2, 0.25) is 0 Å². The van der Waals surface area contributed by atoms with Gasteiger partial charge in [-0.2, -0.15) is 16.4 Å². The first-order valence-corrected chi connectivity index (χ1v) is 32.3. The average Bonchev–Trinajstić information content (AvgIpc) is 3.90. The molecule has 70 heavy (non-hydrogen) atoms. The summed E-state index contributed by atoms with van der Waals surface area (Å²) in [5, 5.41) is 1.96. The Bertz CT molecular complexity index is 2600. The number of para-hydroxylation sites is 1. The zero-order chi connectivity index (χ0) is 52.6. The molecule has 4 aromatic carbocycles. The maximum Gasteiger partial charge on any atom is 0.200 e. The number of rotatable bonds is 6. The molecule has 0 N–H and O–H groups in total. The fourth-order valence-corrected chi connectivity index (χ4v) is 49.9. The summed E-state index contributed by atoms with van der Waals surface area (Å²) in [6.45, 7) is 26.0. The molecule has 2 radical (unpaired) electrons. The topological polar surface area (TPSA) is 9.72 Å². The largest absolute Gasteiger partial charge is 0.207 e. The Labute approximate surface area is 406 Å². The Kier molecular flexibility index (Phi) is 14.6. The second kappa shape index (κ2) is 18.6. The first-order chi connectivity index (χ1) is 32.2. The summed E-state index contributed by atoms with van der Waals surface area (Å²) in [4.78, 5) is 0. The zero-order valence-electron chi connectivity index (χ0n) is 40.1. The van der Waals surface area contributed by atoms with Gasteiger partial charge in [0.05, 0.1) is 0 Å². The molecule has 4 aromatic rings. The second-order valence-corrected chi connectivity index (χ2v) is 36.7. The number of benzene rings is 4. The molecule has 2 bridgehead atoms. The van der Waals surface area contributed by atoms with Gasteiger partial charge in [0.1, 0.15) is 34.9 Å². The summed E-state index contributed by atoms with van der Waals surface area (Å²) >= 11 is -0.343. The molecule has 8 rings (SSSR count). The predicted molar refractivity (Wildman–Crippen MR) is 249 cm³/mol. The summed E-state index contributed by atoms with van der Waals surface area (Å²) in [5.41, 5.74) is -0.971. The number of halogens is 15. The number of nitrogens with zero attached hydrogens (tertiary/aromatic N) is 3. The van der Waals surface area contributed by atoms with E-state index in [1.54, 1.807) is 23.2 Å². The van der Waals surface area contributed by atoms with Crippen LogP contribution in [0.4, 0.5) is 71.5 Å². The molecule has 1 saturated carbocycles. The van der Waals surface area contributed by atoms with Gasteiger partial charge in [-0.25, -0.2) is 65.9 Å². The first-order valence-electron chi connectivity index (χ1n) is 22.4. The molecule has 1 spiro atoms. The number of anilines is 1. The molecule has 1 saturated heterocycles. The molecular formula is C47H49BF15GeN3P2Si. The molecule has 0 amide bonds. The third-order valence-electron chi connectivity index (χ3n) is 13.3. The summed E-state index contributed by atoms with van der Waals surface area (Å²) in [5.74, 6) is -42.5. The van der Waals surface area contributed by atoms with Gasteiger partial charge in [-0.05, 0) is 6.71 Å². The van der Waals surface area contributed by atoms with Crippen LogP contribution in [0.25, 0.3) is 0 Å². The van der Waals surface area contributed by atoms with Crippen molar-refractivity contribution in [3.05, 3.63) is 128 Å². The molecule has 2 atom stereocenters. The maximum atomic E-state index is 14.4. The van der Waals surface area contributed by atoms with Crippen molar-refractivity contribution in [1.82, 2.24) is 8.67 Å². The van der Waals surface area contributed by atoms with Gasteiger partial charge >= 0.3 is 232 Å². The number of fused-ring (bicyclic) bond motifs is 5. The molecule has 3 nitrogen and oxygen atoms in total. The molecule has 2 unspecified atom stereocenters. The fraction of sp³-hybridized carbons (Fsp3) is 0.447. The van der Waals surface area contributed by atoms with Crippen LogP contribution in [0.15, 0.2) is 29.2 Å². The van der Waals surface area contributed by atoms with Crippen LogP contribution in [0.3, 0.4) is 0 Å². The minimum absolute atomic E-state index is 0.228. The Hall–Kier alpha value is -3.16. The Morgan fingerprint density at radius 2 is 0.857 bits per heavy atom. The van der Waals surface area contributed by atoms with E-state index < -0.39 is 126 Å². The minimum atomic E-state index is -3.96. The molecule has 4 aliphatic rings. The monoisotopic (exact) mass is 1120 g/mol. The van der Waals surface area contributed by atoms with Crippen LogP contribution >= 0.6 is 13.7 Å². The SMILES string of the molecule is CC(C)c1cccc(C(C)C)c1[N]1[Ge]=[P][P+]2(C3=C1C1CCC3C1)N(C(C)(C)C)[Si](C)(C)N2C(C)(C)C.Fc1c(F)c(F)c([B-](c2c(F)c(F)c(F)c(F)c2F)c2c(F)c(F)c(F)c(F)c2F)c(F)c1F. The van der Waals surface area contributed by atoms with Gasteiger partial charge in [-0.3, -0.25) is 0 Å². The quantitative estimate of drug-likeness (QED) is 0.0626. The van der Waals surface area contributed by atoms with Crippen LogP contribution < -0.4 is 20.2 Å². The van der Waals surface area contributed by atoms with Gasteiger partial charge < -0.3 is 0 Å². The van der Waals surface area contributed by atoms with Gasteiger partial charge in [-0.15, -0.1) is 0 Å². The van der Waals surface area contributed by atoms with Crippen molar-refractivity contribution in [2.24, 2.45) is 11.8 Å². The van der Waals surface area contributed by atoms with E-state index in [4.69, 9.17) is 0 Å². The van der Waals surface area contributed by atoms with Crippen LogP contribution in [-0.2, 0) is 0 Å². The first kappa shape index (κ1) is 54.6. The summed E-state index contributed by atoms with van der Waals surface area (Å²) in [6.07, 6.45) is 6.05. The number of allylic oxidation sites excluding steroid dienone is 2. The molecule has 2 aliphatic carbocycles. The van der Waals surface area contributed by atoms with E-state index in [1.807, 2.05) is 11.0 Å². The smallest absolute Gasteiger partial charge is 0.200 e. The van der Waals surface area contributed by atoms with Gasteiger partial charge in [0, 0.05) is 0 Å². The maximum absolute atomic E-state index is 14.4. The van der Waals surface area contributed by atoms with Crippen LogP contribution in [0, 0.1) is 99.1 Å². The van der Waals surface area contributed by atoms with Crippen molar-refractivity contribution < 1.29 is 65.9 Å². The molecule has 0 aromatic heterocycles. The molecular weight excluding hydrogens is 1060 g/mol. The second-order valence-electron chi connectivity index (χ2n) is 21.0. The molecule has 2 fully saturated rings. The minimum Gasteiger partial charge on any atom is -0.207 e. The predicted octanol–water partition coefficient (Wildman–Crippen LogP) is 13.8. The van der Waals surface area contributed by atoms with Crippen LogP contribution in [0.5, 0.6) is 0 Å². The Morgan fingerprint density at radius 3 is 1.17 bits per heavy atom. The summed E-state index contributed by atoms with van der Waals surface area (Å²) in [7, 11) is -3.25. The van der Waals surface area contributed by atoms with Crippen LogP contribution in [0.2, 0.25) is 13.1 Å². The Balaban J connectivity index is 0.000000207. The molecule has 2 aliphatic heterocycles. The van der Waals surface area contributed by atoms with Crippen molar-refractivity contribution in [3.8, 4) is 0 Å².